The summed E-state index contributed by atoms with van der Waals surface area (Å²) in [7, 11) is 0. The normalized spacial score (nSPS) is 10.3. The molecule has 0 saturated heterocycles. The van der Waals surface area contributed by atoms with E-state index in [1.165, 1.54) is 0 Å². The van der Waals surface area contributed by atoms with E-state index in [4.69, 9.17) is 0 Å². The summed E-state index contributed by atoms with van der Waals surface area (Å²) in [6.45, 7) is 1.70. The number of halogens is 3. The van der Waals surface area contributed by atoms with Crippen LogP contribution < -0.4 is 5.32 Å². The van der Waals surface area contributed by atoms with Crippen molar-refractivity contribution in [3.63, 3.8) is 0 Å². The van der Waals surface area contributed by atoms with Gasteiger partial charge in [-0.2, -0.15) is 8.78 Å². The van der Waals surface area contributed by atoms with Gasteiger partial charge >= 0.3 is 0 Å². The van der Waals surface area contributed by atoms with Crippen LogP contribution in [0.3, 0.4) is 0 Å². The van der Waals surface area contributed by atoms with Crippen molar-refractivity contribution < 1.29 is 18.4 Å². The highest BCUT2D eigenvalue weighted by Crippen LogP contribution is 2.19. The minimum absolute atomic E-state index is 0.180. The van der Waals surface area contributed by atoms with E-state index < -0.39 is 12.0 Å². The lowest BCUT2D eigenvalue weighted by Crippen LogP contribution is -2.30. The van der Waals surface area contributed by atoms with Crippen LogP contribution in [0, 0.1) is 0 Å². The Kier molecular flexibility index (Phi) is 8.69. The predicted molar refractivity (Wildman–Crippen MR) is 89.2 cm³/mol. The number of allylic oxidation sites excluding steroid dienone is 1. The van der Waals surface area contributed by atoms with Crippen molar-refractivity contribution in [2.24, 2.45) is 0 Å². The van der Waals surface area contributed by atoms with Gasteiger partial charge in [0, 0.05) is 16.5 Å². The number of unbranched alkanes of at least 4 members (excludes halogenated alkanes) is 2. The molecule has 6 heteroatoms. The number of carbonyl (C=O) groups excluding carboxylic acids is 2. The Morgan fingerprint density at radius 1 is 1.04 bits per heavy atom. The average Bonchev–Trinajstić information content (AvgIpc) is 2.51. The molecule has 0 heterocycles. The molecule has 0 unspecified atom stereocenters. The fourth-order valence-corrected chi connectivity index (χ4v) is 2.33. The summed E-state index contributed by atoms with van der Waals surface area (Å²) in [5, 5.41) is 2.32. The van der Waals surface area contributed by atoms with Gasteiger partial charge in [-0.05, 0) is 55.5 Å². The van der Waals surface area contributed by atoms with Crippen LogP contribution in [0.2, 0.25) is 0 Å². The molecule has 0 atom stereocenters. The van der Waals surface area contributed by atoms with Crippen molar-refractivity contribution in [3.8, 4) is 0 Å². The molecule has 23 heavy (non-hydrogen) atoms. The number of carbonyl (C=O) groups is 2. The van der Waals surface area contributed by atoms with E-state index >= 15 is 0 Å². The van der Waals surface area contributed by atoms with Gasteiger partial charge < -0.3 is 0 Å². The Morgan fingerprint density at radius 2 is 1.65 bits per heavy atom. The second-order valence-corrected chi connectivity index (χ2v) is 6.08. The minimum Gasteiger partial charge on any atom is -0.292 e. The van der Waals surface area contributed by atoms with Crippen LogP contribution in [0.15, 0.2) is 40.4 Å². The molecule has 1 aromatic rings. The van der Waals surface area contributed by atoms with Gasteiger partial charge in [0.25, 0.3) is 12.0 Å². The summed E-state index contributed by atoms with van der Waals surface area (Å²) in [6.07, 6.45) is 1.20. The van der Waals surface area contributed by atoms with Crippen LogP contribution in [-0.4, -0.2) is 11.8 Å². The first kappa shape index (κ1) is 19.5. The van der Waals surface area contributed by atoms with E-state index in [1.807, 2.05) is 0 Å². The fourth-order valence-electron chi connectivity index (χ4n) is 2.07. The van der Waals surface area contributed by atoms with Crippen LogP contribution in [0.1, 0.15) is 55.8 Å². The molecule has 0 aliphatic heterocycles. The maximum absolute atomic E-state index is 12.4. The summed E-state index contributed by atoms with van der Waals surface area (Å²) in [5.41, 5.74) is 0.595. The molecule has 1 rings (SSSR count). The third-order valence-corrected chi connectivity index (χ3v) is 3.96. The van der Waals surface area contributed by atoms with Crippen molar-refractivity contribution in [2.45, 2.75) is 45.4 Å². The summed E-state index contributed by atoms with van der Waals surface area (Å²) < 4.78 is 25.7. The number of imide groups is 1. The van der Waals surface area contributed by atoms with E-state index in [1.54, 1.807) is 31.2 Å². The molecule has 2 amide bonds. The SMILES string of the molecule is CCC(CCCCCC(=O)NC(=O)c1ccc(Br)cc1)=C(F)F. The van der Waals surface area contributed by atoms with E-state index in [0.29, 0.717) is 37.7 Å². The van der Waals surface area contributed by atoms with Crippen LogP contribution in [-0.2, 0) is 4.79 Å². The Balaban J connectivity index is 2.26. The number of amides is 2. The van der Waals surface area contributed by atoms with Gasteiger partial charge in [-0.3, -0.25) is 14.9 Å². The second-order valence-electron chi connectivity index (χ2n) is 5.16. The third-order valence-electron chi connectivity index (χ3n) is 3.44. The van der Waals surface area contributed by atoms with E-state index in [0.717, 1.165) is 4.47 Å². The molecule has 0 spiro atoms. The molecule has 0 aliphatic carbocycles. The summed E-state index contributed by atoms with van der Waals surface area (Å²) in [6, 6.07) is 6.69. The molecule has 126 valence electrons. The lowest BCUT2D eigenvalue weighted by atomic mass is 10.1. The van der Waals surface area contributed by atoms with Crippen molar-refractivity contribution in [3.05, 3.63) is 46.0 Å². The van der Waals surface area contributed by atoms with Gasteiger partial charge in [0.1, 0.15) is 0 Å². The molecule has 0 saturated carbocycles. The molecule has 0 bridgehead atoms. The first-order valence-electron chi connectivity index (χ1n) is 7.56. The third kappa shape index (κ3) is 7.50. The Bertz CT molecular complexity index is 566. The molecule has 1 N–H and O–H groups in total. The quantitative estimate of drug-likeness (QED) is 0.621. The number of hydrogen-bond donors (Lipinski definition) is 1. The number of benzene rings is 1. The van der Waals surface area contributed by atoms with Gasteiger partial charge in [-0.1, -0.05) is 29.3 Å². The Morgan fingerprint density at radius 3 is 2.22 bits per heavy atom. The average molecular weight is 388 g/mol. The monoisotopic (exact) mass is 387 g/mol. The first-order valence-corrected chi connectivity index (χ1v) is 8.36. The Hall–Kier alpha value is -1.56. The molecule has 0 aromatic heterocycles. The van der Waals surface area contributed by atoms with E-state index in [2.05, 4.69) is 21.2 Å². The molecule has 0 aliphatic rings. The predicted octanol–water partition coefficient (Wildman–Crippen LogP) is 5.22. The van der Waals surface area contributed by atoms with E-state index in [9.17, 15) is 18.4 Å². The first-order chi connectivity index (χ1) is 10.9. The maximum Gasteiger partial charge on any atom is 0.269 e. The van der Waals surface area contributed by atoms with Gasteiger partial charge in [-0.15, -0.1) is 0 Å². The molecular weight excluding hydrogens is 368 g/mol. The van der Waals surface area contributed by atoms with Crippen LogP contribution in [0.4, 0.5) is 8.78 Å². The van der Waals surface area contributed by atoms with Crippen LogP contribution >= 0.6 is 15.9 Å². The smallest absolute Gasteiger partial charge is 0.269 e. The lowest BCUT2D eigenvalue weighted by molar-refractivity contribution is -0.120. The molecule has 3 nitrogen and oxygen atoms in total. The van der Waals surface area contributed by atoms with Gasteiger partial charge in [-0.25, -0.2) is 0 Å². The van der Waals surface area contributed by atoms with Gasteiger partial charge in [0.2, 0.25) is 5.91 Å². The summed E-state index contributed by atoms with van der Waals surface area (Å²) >= 11 is 3.27. The standard InChI is InChI=1S/C17H20BrF2NO2/c1-2-12(16(19)20)6-4-3-5-7-15(22)21-17(23)13-8-10-14(18)11-9-13/h8-11H,2-7H2,1H3,(H,21,22,23). The number of rotatable bonds is 8. The fraction of sp³-hybridized carbons (Fsp3) is 0.412. The minimum atomic E-state index is -1.59. The Labute approximate surface area is 143 Å². The van der Waals surface area contributed by atoms with Crippen molar-refractivity contribution in [1.82, 2.24) is 5.32 Å². The maximum atomic E-state index is 12.4. The zero-order valence-corrected chi connectivity index (χ0v) is 14.6. The van der Waals surface area contributed by atoms with Crippen molar-refractivity contribution in [2.75, 3.05) is 0 Å². The molecule has 1 aromatic carbocycles. The molecular formula is C17H20BrF2NO2. The van der Waals surface area contributed by atoms with Crippen LogP contribution in [0.5, 0.6) is 0 Å². The highest BCUT2D eigenvalue weighted by molar-refractivity contribution is 9.10. The highest BCUT2D eigenvalue weighted by atomic mass is 79.9. The van der Waals surface area contributed by atoms with Crippen molar-refractivity contribution >= 4 is 27.7 Å². The van der Waals surface area contributed by atoms with Gasteiger partial charge in [0.05, 0.1) is 0 Å². The highest BCUT2D eigenvalue weighted by Gasteiger charge is 2.10. The molecule has 0 fully saturated rings. The largest absolute Gasteiger partial charge is 0.292 e. The van der Waals surface area contributed by atoms with Crippen molar-refractivity contribution in [1.29, 1.82) is 0 Å². The molecule has 0 radical (unpaired) electrons. The summed E-state index contributed by atoms with van der Waals surface area (Å²) in [4.78, 5) is 23.5. The second kappa shape index (κ2) is 10.3. The zero-order chi connectivity index (χ0) is 17.2. The van der Waals surface area contributed by atoms with Gasteiger partial charge in [0.15, 0.2) is 0 Å². The number of nitrogens with one attached hydrogen (secondary N) is 1. The summed E-state index contributed by atoms with van der Waals surface area (Å²) in [5.74, 6) is -0.779. The number of hydrogen-bond acceptors (Lipinski definition) is 2. The topological polar surface area (TPSA) is 46.2 Å². The zero-order valence-electron chi connectivity index (χ0n) is 13.0. The van der Waals surface area contributed by atoms with Crippen LogP contribution in [0.25, 0.3) is 0 Å². The lowest BCUT2D eigenvalue weighted by Gasteiger charge is -2.05. The van der Waals surface area contributed by atoms with E-state index in [-0.39, 0.29) is 17.9 Å².